The maximum absolute atomic E-state index is 12.7. The molecule has 0 N–H and O–H groups in total. The lowest BCUT2D eigenvalue weighted by Gasteiger charge is -2.36. The van der Waals surface area contributed by atoms with Crippen molar-refractivity contribution < 1.29 is 9.53 Å². The number of piperazine rings is 1. The van der Waals surface area contributed by atoms with Gasteiger partial charge in [-0.1, -0.05) is 36.9 Å². The largest absolute Gasteiger partial charge is 0.481 e. The van der Waals surface area contributed by atoms with Crippen molar-refractivity contribution in [3.63, 3.8) is 0 Å². The lowest BCUT2D eigenvalue weighted by atomic mass is 10.1. The van der Waals surface area contributed by atoms with Crippen molar-refractivity contribution in [1.29, 1.82) is 5.26 Å². The van der Waals surface area contributed by atoms with Crippen molar-refractivity contribution in [2.75, 3.05) is 32.4 Å². The van der Waals surface area contributed by atoms with Crippen LogP contribution in [0.2, 0.25) is 0 Å². The Bertz CT molecular complexity index is 663. The van der Waals surface area contributed by atoms with Crippen LogP contribution in [0.4, 0.5) is 0 Å². The fourth-order valence-electron chi connectivity index (χ4n) is 2.82. The van der Waals surface area contributed by atoms with E-state index in [1.54, 1.807) is 6.92 Å². The molecule has 1 aromatic carbocycles. The molecular formula is C18H24N4O2S. The number of rotatable bonds is 4. The van der Waals surface area contributed by atoms with Gasteiger partial charge in [0.05, 0.1) is 0 Å². The highest BCUT2D eigenvalue weighted by molar-refractivity contribution is 8.13. The monoisotopic (exact) mass is 360 g/mol. The predicted octanol–water partition coefficient (Wildman–Crippen LogP) is 2.36. The van der Waals surface area contributed by atoms with E-state index in [2.05, 4.69) is 11.9 Å². The number of amides is 1. The van der Waals surface area contributed by atoms with E-state index in [0.29, 0.717) is 31.3 Å². The molecule has 1 heterocycles. The van der Waals surface area contributed by atoms with E-state index < -0.39 is 6.10 Å². The SMILES string of the molecule is CCc1ccccc1OC(C)C(=O)N1CCN(/C(=N/C#N)SC)CC1. The van der Waals surface area contributed by atoms with Gasteiger partial charge in [0, 0.05) is 26.2 Å². The topological polar surface area (TPSA) is 68.9 Å². The Kier molecular flexibility index (Phi) is 7.14. The van der Waals surface area contributed by atoms with Crippen LogP contribution in [0.3, 0.4) is 0 Å². The van der Waals surface area contributed by atoms with E-state index in [9.17, 15) is 4.79 Å². The third-order valence-electron chi connectivity index (χ3n) is 4.20. The first-order valence-corrected chi connectivity index (χ1v) is 9.62. The summed E-state index contributed by atoms with van der Waals surface area (Å²) in [5.74, 6) is 0.767. The maximum Gasteiger partial charge on any atom is 0.263 e. The second-order valence-corrected chi connectivity index (χ2v) is 6.51. The van der Waals surface area contributed by atoms with Crippen molar-refractivity contribution in [3.8, 4) is 11.9 Å². The zero-order valence-electron chi connectivity index (χ0n) is 14.9. The number of benzene rings is 1. The molecule has 1 amide bonds. The average molecular weight is 360 g/mol. The number of hydrogen-bond acceptors (Lipinski definition) is 5. The van der Waals surface area contributed by atoms with Gasteiger partial charge in [0.2, 0.25) is 6.19 Å². The third kappa shape index (κ3) is 4.89. The summed E-state index contributed by atoms with van der Waals surface area (Å²) in [4.78, 5) is 20.4. The second kappa shape index (κ2) is 9.33. The summed E-state index contributed by atoms with van der Waals surface area (Å²) in [6.45, 7) is 6.42. The summed E-state index contributed by atoms with van der Waals surface area (Å²) >= 11 is 1.45. The minimum atomic E-state index is -0.521. The number of carbonyl (C=O) groups excluding carboxylic acids is 1. The lowest BCUT2D eigenvalue weighted by Crippen LogP contribution is -2.52. The van der Waals surface area contributed by atoms with E-state index in [-0.39, 0.29) is 5.91 Å². The van der Waals surface area contributed by atoms with E-state index in [1.165, 1.54) is 11.8 Å². The molecule has 1 atom stereocenters. The molecule has 7 heteroatoms. The van der Waals surface area contributed by atoms with Crippen molar-refractivity contribution in [2.24, 2.45) is 4.99 Å². The molecule has 0 spiro atoms. The minimum Gasteiger partial charge on any atom is -0.481 e. The van der Waals surface area contributed by atoms with Crippen molar-refractivity contribution in [1.82, 2.24) is 9.80 Å². The first-order chi connectivity index (χ1) is 12.1. The number of aliphatic imine (C=N–C) groups is 1. The van der Waals surface area contributed by atoms with E-state index in [4.69, 9.17) is 10.00 Å². The number of nitrogens with zero attached hydrogens (tertiary/aromatic N) is 4. The molecule has 134 valence electrons. The Morgan fingerprint density at radius 2 is 1.96 bits per heavy atom. The molecule has 1 aliphatic rings. The number of carbonyl (C=O) groups is 1. The van der Waals surface area contributed by atoms with Gasteiger partial charge < -0.3 is 14.5 Å². The fourth-order valence-corrected chi connectivity index (χ4v) is 3.39. The second-order valence-electron chi connectivity index (χ2n) is 5.73. The molecule has 25 heavy (non-hydrogen) atoms. The van der Waals surface area contributed by atoms with Crippen LogP contribution in [-0.2, 0) is 11.2 Å². The summed E-state index contributed by atoms with van der Waals surface area (Å²) in [6.07, 6.45) is 4.07. The quantitative estimate of drug-likeness (QED) is 0.468. The minimum absolute atomic E-state index is 0.00604. The summed E-state index contributed by atoms with van der Waals surface area (Å²) in [6, 6.07) is 7.82. The van der Waals surface area contributed by atoms with Gasteiger partial charge in [0.25, 0.3) is 5.91 Å². The highest BCUT2D eigenvalue weighted by Crippen LogP contribution is 2.20. The number of hydrogen-bond donors (Lipinski definition) is 0. The first-order valence-electron chi connectivity index (χ1n) is 8.39. The molecule has 0 aliphatic carbocycles. The molecular weight excluding hydrogens is 336 g/mol. The van der Waals surface area contributed by atoms with E-state index in [0.717, 1.165) is 17.7 Å². The summed E-state index contributed by atoms with van der Waals surface area (Å²) < 4.78 is 5.91. The molecule has 1 fully saturated rings. The molecule has 0 aromatic heterocycles. The fraction of sp³-hybridized carbons (Fsp3) is 0.500. The van der Waals surface area contributed by atoms with Crippen molar-refractivity contribution in [3.05, 3.63) is 29.8 Å². The lowest BCUT2D eigenvalue weighted by molar-refractivity contribution is -0.139. The molecule has 1 aromatic rings. The number of para-hydroxylation sites is 1. The molecule has 0 saturated carbocycles. The van der Waals surface area contributed by atoms with Crippen LogP contribution in [0.5, 0.6) is 5.75 Å². The number of ether oxygens (including phenoxy) is 1. The smallest absolute Gasteiger partial charge is 0.263 e. The zero-order valence-corrected chi connectivity index (χ0v) is 15.8. The molecule has 0 bridgehead atoms. The Morgan fingerprint density at radius 3 is 2.56 bits per heavy atom. The molecule has 1 saturated heterocycles. The first kappa shape index (κ1) is 19.1. The van der Waals surface area contributed by atoms with Gasteiger partial charge in [-0.05, 0) is 31.2 Å². The van der Waals surface area contributed by atoms with Gasteiger partial charge in [-0.15, -0.1) is 4.99 Å². The molecule has 0 radical (unpaired) electrons. The molecule has 2 rings (SSSR count). The zero-order chi connectivity index (χ0) is 18.2. The van der Waals surface area contributed by atoms with Gasteiger partial charge in [0.1, 0.15) is 5.75 Å². The third-order valence-corrected chi connectivity index (χ3v) is 4.91. The van der Waals surface area contributed by atoms with Crippen LogP contribution in [0.1, 0.15) is 19.4 Å². The van der Waals surface area contributed by atoms with Gasteiger partial charge in [0.15, 0.2) is 11.3 Å². The van der Waals surface area contributed by atoms with Crippen molar-refractivity contribution in [2.45, 2.75) is 26.4 Å². The number of amidine groups is 1. The van der Waals surface area contributed by atoms with Crippen LogP contribution in [-0.4, -0.2) is 59.4 Å². The van der Waals surface area contributed by atoms with Gasteiger partial charge >= 0.3 is 0 Å². The van der Waals surface area contributed by atoms with Gasteiger partial charge in [-0.3, -0.25) is 4.79 Å². The van der Waals surface area contributed by atoms with Gasteiger partial charge in [-0.25, -0.2) is 0 Å². The average Bonchev–Trinajstić information content (AvgIpc) is 2.66. The van der Waals surface area contributed by atoms with E-state index >= 15 is 0 Å². The van der Waals surface area contributed by atoms with Crippen LogP contribution in [0.25, 0.3) is 0 Å². The normalized spacial score (nSPS) is 16.3. The maximum atomic E-state index is 12.7. The van der Waals surface area contributed by atoms with Crippen molar-refractivity contribution >= 4 is 22.8 Å². The predicted molar refractivity (Wildman–Crippen MR) is 101 cm³/mol. The highest BCUT2D eigenvalue weighted by atomic mass is 32.2. The number of thioether (sulfide) groups is 1. The summed E-state index contributed by atoms with van der Waals surface area (Å²) in [5, 5.41) is 9.44. The molecule has 1 aliphatic heterocycles. The Morgan fingerprint density at radius 1 is 1.32 bits per heavy atom. The number of aryl methyl sites for hydroxylation is 1. The highest BCUT2D eigenvalue weighted by Gasteiger charge is 2.27. The van der Waals surface area contributed by atoms with Crippen LogP contribution >= 0.6 is 11.8 Å². The van der Waals surface area contributed by atoms with Crippen LogP contribution < -0.4 is 4.74 Å². The summed E-state index contributed by atoms with van der Waals surface area (Å²) in [5.41, 5.74) is 1.10. The molecule has 1 unspecified atom stereocenters. The van der Waals surface area contributed by atoms with Crippen LogP contribution in [0, 0.1) is 11.5 Å². The number of nitriles is 1. The Hall–Kier alpha value is -2.20. The van der Waals surface area contributed by atoms with Crippen LogP contribution in [0.15, 0.2) is 29.3 Å². The standard InChI is InChI=1S/C18H24N4O2S/c1-4-15-7-5-6-8-16(15)24-14(2)17(23)21-9-11-22(12-10-21)18(25-3)20-13-19/h5-8,14H,4,9-12H2,1-3H3/b20-18-. The Balaban J connectivity index is 1.93. The summed E-state index contributed by atoms with van der Waals surface area (Å²) in [7, 11) is 0. The Labute approximate surface area is 153 Å². The van der Waals surface area contributed by atoms with E-state index in [1.807, 2.05) is 46.5 Å². The molecule has 6 nitrogen and oxygen atoms in total. The van der Waals surface area contributed by atoms with Gasteiger partial charge in [-0.2, -0.15) is 5.26 Å².